The number of benzene rings is 1. The summed E-state index contributed by atoms with van der Waals surface area (Å²) < 4.78 is 0. The van der Waals surface area contributed by atoms with E-state index in [2.05, 4.69) is 10.6 Å². The molecule has 1 aromatic carbocycles. The summed E-state index contributed by atoms with van der Waals surface area (Å²) in [6.07, 6.45) is 2.94. The van der Waals surface area contributed by atoms with Gasteiger partial charge in [0.25, 0.3) is 0 Å². The molecule has 0 bridgehead atoms. The van der Waals surface area contributed by atoms with E-state index in [0.717, 1.165) is 11.6 Å². The third kappa shape index (κ3) is 7.22. The van der Waals surface area contributed by atoms with E-state index in [1.807, 2.05) is 13.8 Å². The smallest absolute Gasteiger partial charge is 0.328 e. The van der Waals surface area contributed by atoms with E-state index in [1.165, 1.54) is 6.08 Å². The molecule has 3 N–H and O–H groups in total. The average Bonchev–Trinajstić information content (AvgIpc) is 2.35. The lowest BCUT2D eigenvalue weighted by Crippen LogP contribution is -2.34. The molecule has 0 unspecified atom stereocenters. The van der Waals surface area contributed by atoms with Crippen molar-refractivity contribution in [3.8, 4) is 0 Å². The third-order valence-corrected chi connectivity index (χ3v) is 2.61. The van der Waals surface area contributed by atoms with Crippen LogP contribution in [0, 0.1) is 5.92 Å². The fourth-order valence-electron chi connectivity index (χ4n) is 1.60. The number of nitrogens with one attached hydrogen (secondary N) is 2. The average molecular weight is 306 g/mol. The van der Waals surface area contributed by atoms with Gasteiger partial charge in [-0.3, -0.25) is 4.79 Å². The first-order chi connectivity index (χ1) is 9.86. The molecule has 1 aromatic rings. The van der Waals surface area contributed by atoms with Gasteiger partial charge in [0.2, 0.25) is 5.91 Å². The quantitative estimate of drug-likeness (QED) is 0.576. The number of thiocarbonyl (C=S) groups is 1. The fourth-order valence-corrected chi connectivity index (χ4v) is 1.83. The zero-order valence-electron chi connectivity index (χ0n) is 11.9. The van der Waals surface area contributed by atoms with Gasteiger partial charge in [-0.2, -0.15) is 0 Å². The molecular formula is C15H18N2O3S. The standard InChI is InChI=1S/C15H18N2O3S/c1-10(2)8-13(18)17-15(21)16-12-5-3-4-11(9-12)6-7-14(19)20/h3-7,9-10H,8H2,1-2H3,(H,19,20)(H2,16,17,18,21)/b7-6+. The highest BCUT2D eigenvalue weighted by Gasteiger charge is 2.07. The molecule has 0 saturated carbocycles. The van der Waals surface area contributed by atoms with Crippen molar-refractivity contribution in [2.45, 2.75) is 20.3 Å². The maximum Gasteiger partial charge on any atom is 0.328 e. The Morgan fingerprint density at radius 2 is 2.10 bits per heavy atom. The largest absolute Gasteiger partial charge is 0.478 e. The van der Waals surface area contributed by atoms with E-state index in [4.69, 9.17) is 17.3 Å². The zero-order valence-corrected chi connectivity index (χ0v) is 12.7. The lowest BCUT2D eigenvalue weighted by atomic mass is 10.1. The molecular weight excluding hydrogens is 288 g/mol. The summed E-state index contributed by atoms with van der Waals surface area (Å²) >= 11 is 5.06. The first-order valence-electron chi connectivity index (χ1n) is 6.48. The predicted octanol–water partition coefficient (Wildman–Crippen LogP) is 2.64. The van der Waals surface area contributed by atoms with Crippen LogP contribution in [0.15, 0.2) is 30.3 Å². The van der Waals surface area contributed by atoms with Crippen LogP contribution < -0.4 is 10.6 Å². The highest BCUT2D eigenvalue weighted by Crippen LogP contribution is 2.12. The summed E-state index contributed by atoms with van der Waals surface area (Å²) in [5.74, 6) is -0.883. The number of hydrogen-bond acceptors (Lipinski definition) is 3. The van der Waals surface area contributed by atoms with Crippen LogP contribution in [0.1, 0.15) is 25.8 Å². The summed E-state index contributed by atoms with van der Waals surface area (Å²) in [5.41, 5.74) is 1.40. The van der Waals surface area contributed by atoms with Gasteiger partial charge in [-0.15, -0.1) is 0 Å². The minimum Gasteiger partial charge on any atom is -0.478 e. The topological polar surface area (TPSA) is 78.4 Å². The summed E-state index contributed by atoms with van der Waals surface area (Å²) in [7, 11) is 0. The molecule has 0 spiro atoms. The van der Waals surface area contributed by atoms with Crippen LogP contribution in [0.4, 0.5) is 5.69 Å². The molecule has 21 heavy (non-hydrogen) atoms. The van der Waals surface area contributed by atoms with Gasteiger partial charge in [0, 0.05) is 18.2 Å². The second-order valence-electron chi connectivity index (χ2n) is 4.90. The van der Waals surface area contributed by atoms with Crippen molar-refractivity contribution in [3.05, 3.63) is 35.9 Å². The van der Waals surface area contributed by atoms with Crippen LogP contribution in [-0.4, -0.2) is 22.1 Å². The maximum absolute atomic E-state index is 11.6. The van der Waals surface area contributed by atoms with Crippen LogP contribution in [0.3, 0.4) is 0 Å². The minimum atomic E-state index is -1.01. The zero-order chi connectivity index (χ0) is 15.8. The number of carboxylic acid groups (broad SMARTS) is 1. The molecule has 5 nitrogen and oxygen atoms in total. The molecule has 0 aliphatic carbocycles. The molecule has 0 atom stereocenters. The van der Waals surface area contributed by atoms with E-state index < -0.39 is 5.97 Å². The molecule has 6 heteroatoms. The fraction of sp³-hybridized carbons (Fsp3) is 0.267. The summed E-state index contributed by atoms with van der Waals surface area (Å²) in [6, 6.07) is 7.05. The van der Waals surface area contributed by atoms with Crippen LogP contribution in [0.2, 0.25) is 0 Å². The van der Waals surface area contributed by atoms with Gasteiger partial charge in [0.05, 0.1) is 0 Å². The van der Waals surface area contributed by atoms with E-state index in [-0.39, 0.29) is 16.9 Å². The first kappa shape index (κ1) is 16.8. The van der Waals surface area contributed by atoms with Gasteiger partial charge in [-0.25, -0.2) is 4.79 Å². The van der Waals surface area contributed by atoms with Gasteiger partial charge in [0.1, 0.15) is 0 Å². The number of hydrogen-bond donors (Lipinski definition) is 3. The number of anilines is 1. The van der Waals surface area contributed by atoms with Crippen molar-refractivity contribution in [2.75, 3.05) is 5.32 Å². The third-order valence-electron chi connectivity index (χ3n) is 2.41. The summed E-state index contributed by atoms with van der Waals surface area (Å²) in [6.45, 7) is 3.91. The number of carbonyl (C=O) groups excluding carboxylic acids is 1. The molecule has 1 rings (SSSR count). The number of carboxylic acids is 1. The van der Waals surface area contributed by atoms with E-state index in [9.17, 15) is 9.59 Å². The number of rotatable bonds is 5. The van der Waals surface area contributed by atoms with Crippen molar-refractivity contribution < 1.29 is 14.7 Å². The van der Waals surface area contributed by atoms with Gasteiger partial charge >= 0.3 is 5.97 Å². The highest BCUT2D eigenvalue weighted by molar-refractivity contribution is 7.80. The maximum atomic E-state index is 11.6. The van der Waals surface area contributed by atoms with Crippen LogP contribution >= 0.6 is 12.2 Å². The minimum absolute atomic E-state index is 0.135. The van der Waals surface area contributed by atoms with Crippen molar-refractivity contribution in [1.82, 2.24) is 5.32 Å². The van der Waals surface area contributed by atoms with E-state index in [0.29, 0.717) is 12.1 Å². The monoisotopic (exact) mass is 306 g/mol. The number of amides is 1. The van der Waals surface area contributed by atoms with Gasteiger partial charge in [0.15, 0.2) is 5.11 Å². The number of aliphatic carboxylic acids is 1. The van der Waals surface area contributed by atoms with Gasteiger partial charge in [-0.1, -0.05) is 26.0 Å². The number of carbonyl (C=O) groups is 2. The molecule has 0 fully saturated rings. The second kappa shape index (κ2) is 8.16. The Morgan fingerprint density at radius 3 is 2.71 bits per heavy atom. The van der Waals surface area contributed by atoms with Crippen molar-refractivity contribution in [1.29, 1.82) is 0 Å². The highest BCUT2D eigenvalue weighted by atomic mass is 32.1. The Bertz CT molecular complexity index is 568. The lowest BCUT2D eigenvalue weighted by Gasteiger charge is -2.11. The predicted molar refractivity (Wildman–Crippen MR) is 86.9 cm³/mol. The summed E-state index contributed by atoms with van der Waals surface area (Å²) in [4.78, 5) is 22.1. The van der Waals surface area contributed by atoms with Crippen LogP contribution in [-0.2, 0) is 9.59 Å². The first-order valence-corrected chi connectivity index (χ1v) is 6.89. The lowest BCUT2D eigenvalue weighted by molar-refractivity contribution is -0.131. The molecule has 112 valence electrons. The molecule has 0 aromatic heterocycles. The second-order valence-corrected chi connectivity index (χ2v) is 5.31. The SMILES string of the molecule is CC(C)CC(=O)NC(=S)Nc1cccc(/C=C/C(=O)O)c1. The van der Waals surface area contributed by atoms with Crippen molar-refractivity contribution in [3.63, 3.8) is 0 Å². The van der Waals surface area contributed by atoms with Gasteiger partial charge < -0.3 is 15.7 Å². The Balaban J connectivity index is 2.62. The molecule has 0 radical (unpaired) electrons. The molecule has 0 saturated heterocycles. The van der Waals surface area contributed by atoms with Crippen molar-refractivity contribution >= 4 is 41.0 Å². The van der Waals surface area contributed by atoms with Crippen LogP contribution in [0.25, 0.3) is 6.08 Å². The van der Waals surface area contributed by atoms with Gasteiger partial charge in [-0.05, 0) is 41.9 Å². The Labute approximate surface area is 129 Å². The molecule has 1 amide bonds. The summed E-state index contributed by atoms with van der Waals surface area (Å²) in [5, 5.41) is 14.3. The molecule has 0 aliphatic heterocycles. The Morgan fingerprint density at radius 1 is 1.38 bits per heavy atom. The Hall–Kier alpha value is -2.21. The van der Waals surface area contributed by atoms with E-state index >= 15 is 0 Å². The Kier molecular flexibility index (Phi) is 6.55. The van der Waals surface area contributed by atoms with Crippen LogP contribution in [0.5, 0.6) is 0 Å². The molecule has 0 aliphatic rings. The van der Waals surface area contributed by atoms with E-state index in [1.54, 1.807) is 24.3 Å². The normalized spacial score (nSPS) is 10.6. The van der Waals surface area contributed by atoms with Crippen molar-refractivity contribution in [2.24, 2.45) is 5.92 Å². The molecule has 0 heterocycles.